The average molecular weight is 296 g/mol. The van der Waals surface area contributed by atoms with E-state index in [0.29, 0.717) is 13.2 Å². The highest BCUT2D eigenvalue weighted by molar-refractivity contribution is 8.55. The molecule has 1 unspecified atom stereocenters. The van der Waals surface area contributed by atoms with Gasteiger partial charge in [-0.1, -0.05) is 6.92 Å². The molecule has 0 saturated heterocycles. The van der Waals surface area contributed by atoms with Crippen LogP contribution in [0.1, 0.15) is 40.0 Å². The second-order valence-corrected chi connectivity index (χ2v) is 8.14. The van der Waals surface area contributed by atoms with E-state index >= 15 is 0 Å². The minimum atomic E-state index is -3.17. The Bertz CT molecular complexity index is 333. The van der Waals surface area contributed by atoms with E-state index in [1.807, 2.05) is 13.8 Å². The standard InChI is InChI=1S/C11H23NO4PS/c1-5-10-18-17(13,15-7-3)16-12(4)11(8-9-11)14-6-2/h4-10H2,1-3H3/q+1. The largest absolute Gasteiger partial charge is 0.500 e. The zero-order chi connectivity index (χ0) is 13.6. The van der Waals surface area contributed by atoms with E-state index in [9.17, 15) is 4.57 Å². The fourth-order valence-electron chi connectivity index (χ4n) is 1.48. The zero-order valence-electron chi connectivity index (χ0n) is 11.4. The molecule has 1 rings (SSSR count). The van der Waals surface area contributed by atoms with Gasteiger partial charge in [0.05, 0.1) is 26.1 Å². The monoisotopic (exact) mass is 296 g/mol. The first kappa shape index (κ1) is 16.0. The molecule has 0 N–H and O–H groups in total. The van der Waals surface area contributed by atoms with Gasteiger partial charge in [-0.05, 0) is 31.7 Å². The predicted octanol–water partition coefficient (Wildman–Crippen LogP) is 3.45. The van der Waals surface area contributed by atoms with E-state index in [0.717, 1.165) is 25.0 Å². The van der Waals surface area contributed by atoms with Crippen LogP contribution in [0.15, 0.2) is 0 Å². The maximum absolute atomic E-state index is 12.4. The first-order chi connectivity index (χ1) is 8.52. The maximum atomic E-state index is 12.4. The van der Waals surface area contributed by atoms with Crippen LogP contribution in [-0.2, 0) is 18.5 Å². The highest BCUT2D eigenvalue weighted by atomic mass is 32.7. The number of rotatable bonds is 10. The molecule has 7 heteroatoms. The fourth-order valence-corrected chi connectivity index (χ4v) is 4.90. The minimum absolute atomic E-state index is 0.351. The summed E-state index contributed by atoms with van der Waals surface area (Å²) in [5.74, 6) is 0.729. The molecular formula is C11H23NO4PS+. The van der Waals surface area contributed by atoms with E-state index in [-0.39, 0.29) is 0 Å². The molecule has 1 aliphatic carbocycles. The Labute approximate surface area is 113 Å². The van der Waals surface area contributed by atoms with E-state index in [1.54, 1.807) is 6.92 Å². The molecule has 106 valence electrons. The summed E-state index contributed by atoms with van der Waals surface area (Å²) in [4.78, 5) is 0. The van der Waals surface area contributed by atoms with Gasteiger partial charge in [-0.15, -0.1) is 0 Å². The molecule has 0 spiro atoms. The highest BCUT2D eigenvalue weighted by Crippen LogP contribution is 2.62. The molecule has 0 aromatic heterocycles. The Morgan fingerprint density at radius 1 is 1.33 bits per heavy atom. The minimum Gasteiger partial charge on any atom is -0.316 e. The van der Waals surface area contributed by atoms with Crippen LogP contribution in [0, 0.1) is 0 Å². The summed E-state index contributed by atoms with van der Waals surface area (Å²) in [6, 6.07) is 0. The van der Waals surface area contributed by atoms with Crippen molar-refractivity contribution in [1.82, 2.24) is 0 Å². The van der Waals surface area contributed by atoms with Crippen LogP contribution in [0.25, 0.3) is 0 Å². The van der Waals surface area contributed by atoms with Gasteiger partial charge in [0.2, 0.25) is 0 Å². The van der Waals surface area contributed by atoms with Crippen molar-refractivity contribution in [1.29, 1.82) is 0 Å². The molecule has 1 fully saturated rings. The van der Waals surface area contributed by atoms with Gasteiger partial charge in [0.15, 0.2) is 6.72 Å². The second-order valence-electron chi connectivity index (χ2n) is 4.04. The van der Waals surface area contributed by atoms with E-state index in [1.165, 1.54) is 16.1 Å². The molecule has 5 nitrogen and oxygen atoms in total. The Kier molecular flexibility index (Phi) is 6.18. The third-order valence-corrected chi connectivity index (χ3v) is 6.38. The molecule has 0 radical (unpaired) electrons. The summed E-state index contributed by atoms with van der Waals surface area (Å²) in [6.07, 6.45) is 2.60. The smallest absolute Gasteiger partial charge is 0.316 e. The number of hydrogen-bond donors (Lipinski definition) is 0. The van der Waals surface area contributed by atoms with Crippen LogP contribution in [0.2, 0.25) is 0 Å². The average Bonchev–Trinajstić information content (AvgIpc) is 3.08. The SMILES string of the molecule is C=[N+](OP(=O)(OCC)SCCC)C1(OCC)CC1. The van der Waals surface area contributed by atoms with Crippen LogP contribution in [-0.4, -0.2) is 36.1 Å². The maximum Gasteiger partial charge on any atom is 0.500 e. The third-order valence-electron chi connectivity index (χ3n) is 2.48. The molecule has 18 heavy (non-hydrogen) atoms. The number of ether oxygens (including phenoxy) is 1. The van der Waals surface area contributed by atoms with Crippen molar-refractivity contribution in [2.45, 2.75) is 45.8 Å². The van der Waals surface area contributed by atoms with Gasteiger partial charge in [0, 0.05) is 10.5 Å². The third kappa shape index (κ3) is 4.26. The molecule has 1 saturated carbocycles. The summed E-state index contributed by atoms with van der Waals surface area (Å²) in [6.45, 7) is 7.28. The van der Waals surface area contributed by atoms with Crippen LogP contribution in [0.3, 0.4) is 0 Å². The first-order valence-corrected chi connectivity index (χ1v) is 9.48. The van der Waals surface area contributed by atoms with Gasteiger partial charge < -0.3 is 4.74 Å². The zero-order valence-corrected chi connectivity index (χ0v) is 13.1. The summed E-state index contributed by atoms with van der Waals surface area (Å²) in [7, 11) is 0. The molecular weight excluding hydrogens is 273 g/mol. The van der Waals surface area contributed by atoms with Gasteiger partial charge >= 0.3 is 12.5 Å². The lowest BCUT2D eigenvalue weighted by Gasteiger charge is -2.17. The molecule has 0 aromatic carbocycles. The lowest BCUT2D eigenvalue weighted by Crippen LogP contribution is -2.29. The van der Waals surface area contributed by atoms with Gasteiger partial charge in [0.1, 0.15) is 0 Å². The van der Waals surface area contributed by atoms with E-state index in [2.05, 4.69) is 6.72 Å². The quantitative estimate of drug-likeness (QED) is 0.203. The van der Waals surface area contributed by atoms with Gasteiger partial charge in [-0.2, -0.15) is 4.62 Å². The topological polar surface area (TPSA) is 47.8 Å². The van der Waals surface area contributed by atoms with Crippen molar-refractivity contribution in [3.05, 3.63) is 0 Å². The summed E-state index contributed by atoms with van der Waals surface area (Å²) < 4.78 is 30.1. The Hall–Kier alpha value is -0.0300. The van der Waals surface area contributed by atoms with Gasteiger partial charge in [0.25, 0.3) is 0 Å². The summed E-state index contributed by atoms with van der Waals surface area (Å²) in [5, 5.41) is 0. The lowest BCUT2D eigenvalue weighted by molar-refractivity contribution is -0.808. The molecule has 0 bridgehead atoms. The molecule has 0 heterocycles. The molecule has 0 aliphatic heterocycles. The van der Waals surface area contributed by atoms with Crippen molar-refractivity contribution in [3.63, 3.8) is 0 Å². The molecule has 0 aromatic rings. The van der Waals surface area contributed by atoms with Gasteiger partial charge in [-0.25, -0.2) is 4.57 Å². The van der Waals surface area contributed by atoms with Crippen LogP contribution >= 0.6 is 18.2 Å². The Morgan fingerprint density at radius 3 is 2.44 bits per heavy atom. The lowest BCUT2D eigenvalue weighted by atomic mass is 10.6. The molecule has 1 atom stereocenters. The van der Waals surface area contributed by atoms with Crippen molar-refractivity contribution < 1.29 is 23.2 Å². The Balaban J connectivity index is 2.60. The predicted molar refractivity (Wildman–Crippen MR) is 74.0 cm³/mol. The van der Waals surface area contributed by atoms with Crippen molar-refractivity contribution >= 4 is 24.9 Å². The summed E-state index contributed by atoms with van der Waals surface area (Å²) in [5.41, 5.74) is -0.506. The van der Waals surface area contributed by atoms with Crippen LogP contribution in [0.5, 0.6) is 0 Å². The number of nitrogens with zero attached hydrogens (tertiary/aromatic N) is 1. The molecule has 0 amide bonds. The second kappa shape index (κ2) is 6.94. The van der Waals surface area contributed by atoms with Crippen molar-refractivity contribution in [2.75, 3.05) is 19.0 Å². The van der Waals surface area contributed by atoms with Crippen molar-refractivity contribution in [2.24, 2.45) is 0 Å². The number of hydrogen-bond acceptors (Lipinski definition) is 5. The van der Waals surface area contributed by atoms with Crippen LogP contribution in [0.4, 0.5) is 0 Å². The Morgan fingerprint density at radius 2 is 2.00 bits per heavy atom. The van der Waals surface area contributed by atoms with E-state index in [4.69, 9.17) is 13.9 Å². The molecule has 1 aliphatic rings. The normalized spacial score (nSPS) is 20.2. The van der Waals surface area contributed by atoms with Gasteiger partial charge in [-0.3, -0.25) is 4.52 Å². The van der Waals surface area contributed by atoms with Crippen LogP contribution < -0.4 is 0 Å². The summed E-state index contributed by atoms with van der Waals surface area (Å²) >= 11 is 1.21. The fraction of sp³-hybridized carbons (Fsp3) is 0.909. The number of hydroxylamine groups is 1. The van der Waals surface area contributed by atoms with E-state index < -0.39 is 12.5 Å². The van der Waals surface area contributed by atoms with Crippen molar-refractivity contribution in [3.8, 4) is 0 Å². The first-order valence-electron chi connectivity index (χ1n) is 6.35. The highest BCUT2D eigenvalue weighted by Gasteiger charge is 2.59.